The number of ether oxygens (including phenoxy) is 1. The molecule has 2 aromatic heterocycles. The van der Waals surface area contributed by atoms with Crippen LogP contribution in [-0.2, 0) is 0 Å². The molecule has 1 atom stereocenters. The topological polar surface area (TPSA) is 55.3 Å². The highest BCUT2D eigenvalue weighted by molar-refractivity contribution is 9.10. The molecule has 1 unspecified atom stereocenters. The normalized spacial score (nSPS) is 17.8. The van der Waals surface area contributed by atoms with Crippen LogP contribution in [0.2, 0.25) is 0 Å². The number of halogens is 1. The molecule has 1 aliphatic heterocycles. The summed E-state index contributed by atoms with van der Waals surface area (Å²) in [6.45, 7) is 1.28. The molecule has 6 heteroatoms. The molecular formula is C15H14BrN3O2. The van der Waals surface area contributed by atoms with Gasteiger partial charge >= 0.3 is 0 Å². The van der Waals surface area contributed by atoms with Gasteiger partial charge in [-0.3, -0.25) is 9.78 Å². The van der Waals surface area contributed by atoms with Gasteiger partial charge in [0, 0.05) is 47.7 Å². The minimum atomic E-state index is -0.00976. The highest BCUT2D eigenvalue weighted by Gasteiger charge is 2.28. The van der Waals surface area contributed by atoms with Crippen molar-refractivity contribution >= 4 is 21.8 Å². The fraction of sp³-hybridized carbons (Fsp3) is 0.267. The van der Waals surface area contributed by atoms with Gasteiger partial charge in [-0.05, 0) is 34.1 Å². The number of nitrogens with zero attached hydrogens (tertiary/aromatic N) is 3. The van der Waals surface area contributed by atoms with Gasteiger partial charge in [-0.25, -0.2) is 4.98 Å². The second-order valence-corrected chi connectivity index (χ2v) is 5.75. The Labute approximate surface area is 131 Å². The van der Waals surface area contributed by atoms with E-state index in [4.69, 9.17) is 4.74 Å². The van der Waals surface area contributed by atoms with Crippen molar-refractivity contribution in [3.8, 4) is 5.88 Å². The fourth-order valence-corrected chi connectivity index (χ4v) is 2.52. The number of hydrogen-bond donors (Lipinski definition) is 0. The Morgan fingerprint density at radius 3 is 2.81 bits per heavy atom. The lowest BCUT2D eigenvalue weighted by Gasteiger charge is -2.17. The van der Waals surface area contributed by atoms with E-state index in [0.717, 1.165) is 10.9 Å². The van der Waals surface area contributed by atoms with Crippen LogP contribution in [0.25, 0.3) is 0 Å². The molecule has 1 saturated heterocycles. The standard InChI is InChI=1S/C15H14BrN3O2/c16-12-1-2-14(18-9-12)21-13-5-8-19(10-13)15(20)11-3-6-17-7-4-11/h1-4,6-7,9,13H,5,8,10H2. The molecule has 0 N–H and O–H groups in total. The molecule has 0 spiro atoms. The molecule has 1 fully saturated rings. The van der Waals surface area contributed by atoms with Crippen molar-refractivity contribution in [2.24, 2.45) is 0 Å². The first-order valence-electron chi connectivity index (χ1n) is 6.70. The third-order valence-corrected chi connectivity index (χ3v) is 3.82. The van der Waals surface area contributed by atoms with Crippen molar-refractivity contribution in [2.45, 2.75) is 12.5 Å². The average molecular weight is 348 g/mol. The van der Waals surface area contributed by atoms with Crippen LogP contribution in [0.3, 0.4) is 0 Å². The Hall–Kier alpha value is -1.95. The van der Waals surface area contributed by atoms with Crippen LogP contribution in [0.15, 0.2) is 47.3 Å². The molecule has 0 aliphatic carbocycles. The van der Waals surface area contributed by atoms with E-state index in [1.807, 2.05) is 12.1 Å². The Bertz CT molecular complexity index is 619. The average Bonchev–Trinajstić information content (AvgIpc) is 2.98. The zero-order chi connectivity index (χ0) is 14.7. The highest BCUT2D eigenvalue weighted by Crippen LogP contribution is 2.19. The van der Waals surface area contributed by atoms with Crippen LogP contribution in [0, 0.1) is 0 Å². The van der Waals surface area contributed by atoms with E-state index in [1.54, 1.807) is 35.6 Å². The largest absolute Gasteiger partial charge is 0.472 e. The summed E-state index contributed by atoms with van der Waals surface area (Å²) in [6, 6.07) is 7.16. The molecular weight excluding hydrogens is 334 g/mol. The molecule has 0 bridgehead atoms. The summed E-state index contributed by atoms with van der Waals surface area (Å²) >= 11 is 3.34. The van der Waals surface area contributed by atoms with Gasteiger partial charge in [0.1, 0.15) is 6.10 Å². The number of hydrogen-bond acceptors (Lipinski definition) is 4. The van der Waals surface area contributed by atoms with Gasteiger partial charge in [-0.15, -0.1) is 0 Å². The number of likely N-dealkylation sites (tertiary alicyclic amines) is 1. The quantitative estimate of drug-likeness (QED) is 0.855. The van der Waals surface area contributed by atoms with E-state index >= 15 is 0 Å². The van der Waals surface area contributed by atoms with Crippen LogP contribution >= 0.6 is 15.9 Å². The Morgan fingerprint density at radius 2 is 2.10 bits per heavy atom. The van der Waals surface area contributed by atoms with E-state index in [1.165, 1.54) is 0 Å². The number of carbonyl (C=O) groups is 1. The van der Waals surface area contributed by atoms with Crippen molar-refractivity contribution in [1.82, 2.24) is 14.9 Å². The molecule has 1 aliphatic rings. The van der Waals surface area contributed by atoms with Crippen molar-refractivity contribution in [3.63, 3.8) is 0 Å². The van der Waals surface area contributed by atoms with E-state index in [2.05, 4.69) is 25.9 Å². The van der Waals surface area contributed by atoms with Crippen molar-refractivity contribution in [1.29, 1.82) is 0 Å². The SMILES string of the molecule is O=C(c1ccncc1)N1CCC(Oc2ccc(Br)cn2)C1. The van der Waals surface area contributed by atoms with Gasteiger partial charge < -0.3 is 9.64 Å². The van der Waals surface area contributed by atoms with Gasteiger partial charge in [0.2, 0.25) is 5.88 Å². The number of aromatic nitrogens is 2. The van der Waals surface area contributed by atoms with E-state index in [-0.39, 0.29) is 12.0 Å². The lowest BCUT2D eigenvalue weighted by atomic mass is 10.2. The molecule has 1 amide bonds. The first kappa shape index (κ1) is 14.0. The third kappa shape index (κ3) is 3.39. The Balaban J connectivity index is 1.60. The molecule has 3 rings (SSSR count). The second-order valence-electron chi connectivity index (χ2n) is 4.83. The maximum atomic E-state index is 12.3. The maximum Gasteiger partial charge on any atom is 0.254 e. The second kappa shape index (κ2) is 6.22. The maximum absolute atomic E-state index is 12.3. The first-order chi connectivity index (χ1) is 10.2. The van der Waals surface area contributed by atoms with Crippen molar-refractivity contribution in [2.75, 3.05) is 13.1 Å². The monoisotopic (exact) mass is 347 g/mol. The lowest BCUT2D eigenvalue weighted by molar-refractivity contribution is 0.0771. The Kier molecular flexibility index (Phi) is 4.15. The molecule has 0 aromatic carbocycles. The molecule has 108 valence electrons. The predicted molar refractivity (Wildman–Crippen MR) is 81.1 cm³/mol. The molecule has 2 aromatic rings. The Morgan fingerprint density at radius 1 is 1.29 bits per heavy atom. The summed E-state index contributed by atoms with van der Waals surface area (Å²) < 4.78 is 6.72. The number of pyridine rings is 2. The van der Waals surface area contributed by atoms with Crippen LogP contribution in [0.5, 0.6) is 5.88 Å². The van der Waals surface area contributed by atoms with Crippen LogP contribution in [-0.4, -0.2) is 40.0 Å². The van der Waals surface area contributed by atoms with Gasteiger partial charge in [0.25, 0.3) is 5.91 Å². The minimum Gasteiger partial charge on any atom is -0.472 e. The first-order valence-corrected chi connectivity index (χ1v) is 7.49. The lowest BCUT2D eigenvalue weighted by Crippen LogP contribution is -2.31. The zero-order valence-corrected chi connectivity index (χ0v) is 12.9. The fourth-order valence-electron chi connectivity index (χ4n) is 2.29. The summed E-state index contributed by atoms with van der Waals surface area (Å²) in [5.41, 5.74) is 0.660. The summed E-state index contributed by atoms with van der Waals surface area (Å²) in [6.07, 6.45) is 5.76. The molecule has 21 heavy (non-hydrogen) atoms. The van der Waals surface area contributed by atoms with E-state index in [9.17, 15) is 4.79 Å². The summed E-state index contributed by atoms with van der Waals surface area (Å²) in [5, 5.41) is 0. The zero-order valence-electron chi connectivity index (χ0n) is 11.3. The van der Waals surface area contributed by atoms with Gasteiger partial charge in [0.05, 0.1) is 6.54 Å². The van der Waals surface area contributed by atoms with Crippen LogP contribution in [0.1, 0.15) is 16.8 Å². The highest BCUT2D eigenvalue weighted by atomic mass is 79.9. The number of carbonyl (C=O) groups excluding carboxylic acids is 1. The van der Waals surface area contributed by atoms with Gasteiger partial charge in [-0.2, -0.15) is 0 Å². The smallest absolute Gasteiger partial charge is 0.254 e. The third-order valence-electron chi connectivity index (χ3n) is 3.35. The number of amides is 1. The number of rotatable bonds is 3. The summed E-state index contributed by atoms with van der Waals surface area (Å²) in [5.74, 6) is 0.605. The van der Waals surface area contributed by atoms with E-state index < -0.39 is 0 Å². The van der Waals surface area contributed by atoms with Crippen LogP contribution < -0.4 is 4.74 Å². The van der Waals surface area contributed by atoms with Gasteiger partial charge in [-0.1, -0.05) is 0 Å². The molecule has 0 radical (unpaired) electrons. The minimum absolute atomic E-state index is 0.00976. The molecule has 3 heterocycles. The van der Waals surface area contributed by atoms with Crippen LogP contribution in [0.4, 0.5) is 0 Å². The summed E-state index contributed by atoms with van der Waals surface area (Å²) in [7, 11) is 0. The van der Waals surface area contributed by atoms with Crippen molar-refractivity contribution < 1.29 is 9.53 Å². The molecule has 0 saturated carbocycles. The van der Waals surface area contributed by atoms with Gasteiger partial charge in [0.15, 0.2) is 0 Å². The molecule has 5 nitrogen and oxygen atoms in total. The van der Waals surface area contributed by atoms with E-state index in [0.29, 0.717) is 24.5 Å². The predicted octanol–water partition coefficient (Wildman–Crippen LogP) is 2.53. The summed E-state index contributed by atoms with van der Waals surface area (Å²) in [4.78, 5) is 22.2. The van der Waals surface area contributed by atoms with Crippen molar-refractivity contribution in [3.05, 3.63) is 52.9 Å².